The van der Waals surface area contributed by atoms with E-state index in [4.69, 9.17) is 10.5 Å². The van der Waals surface area contributed by atoms with Crippen molar-refractivity contribution in [1.82, 2.24) is 5.32 Å². The van der Waals surface area contributed by atoms with Gasteiger partial charge in [0, 0.05) is 12.0 Å². The van der Waals surface area contributed by atoms with Crippen LogP contribution in [0.1, 0.15) is 50.8 Å². The van der Waals surface area contributed by atoms with Crippen molar-refractivity contribution in [1.29, 1.82) is 0 Å². The molecule has 0 heterocycles. The Morgan fingerprint density at radius 2 is 2.00 bits per heavy atom. The first-order valence-corrected chi connectivity index (χ1v) is 7.58. The zero-order valence-corrected chi connectivity index (χ0v) is 14.5. The Hall–Kier alpha value is -1.97. The van der Waals surface area contributed by atoms with Gasteiger partial charge in [0.1, 0.15) is 5.75 Å². The topological polar surface area (TPSA) is 64.3 Å². The molecule has 0 aliphatic heterocycles. The predicted molar refractivity (Wildman–Crippen MR) is 90.8 cm³/mol. The Kier molecular flexibility index (Phi) is 6.03. The third kappa shape index (κ3) is 4.79. The lowest BCUT2D eigenvalue weighted by molar-refractivity contribution is -0.120. The van der Waals surface area contributed by atoms with Gasteiger partial charge in [0.25, 0.3) is 0 Å². The summed E-state index contributed by atoms with van der Waals surface area (Å²) in [4.78, 5) is 11.9. The largest absolute Gasteiger partial charge is 0.496 e. The van der Waals surface area contributed by atoms with Crippen LogP contribution in [0.25, 0.3) is 0 Å². The van der Waals surface area contributed by atoms with Gasteiger partial charge in [0.15, 0.2) is 0 Å². The summed E-state index contributed by atoms with van der Waals surface area (Å²) in [6, 6.07) is 4.24. The molecule has 0 saturated carbocycles. The number of amides is 1. The zero-order valence-electron chi connectivity index (χ0n) is 14.5. The summed E-state index contributed by atoms with van der Waals surface area (Å²) in [5, 5.41) is 2.66. The third-order valence-electron chi connectivity index (χ3n) is 3.54. The van der Waals surface area contributed by atoms with E-state index in [9.17, 15) is 4.79 Å². The Bertz CT molecular complexity index is 569. The van der Waals surface area contributed by atoms with Crippen LogP contribution in [0.4, 0.5) is 0 Å². The van der Waals surface area contributed by atoms with Gasteiger partial charge in [-0.25, -0.2) is 0 Å². The van der Waals surface area contributed by atoms with Crippen molar-refractivity contribution in [3.63, 3.8) is 0 Å². The van der Waals surface area contributed by atoms with E-state index < -0.39 is 0 Å². The molecule has 0 unspecified atom stereocenters. The standard InChI is InChI=1S/C18H28N2O2/c1-7-15(19)20-16(21)9-8-13-10-12(2)11-14(17(13)22-6)18(3,4)5/h7,10-11H,8-9,19H2,1-6H3,(H,20,21). The van der Waals surface area contributed by atoms with Gasteiger partial charge in [-0.3, -0.25) is 4.79 Å². The molecule has 0 bridgehead atoms. The summed E-state index contributed by atoms with van der Waals surface area (Å²) in [6.45, 7) is 10.3. The smallest absolute Gasteiger partial charge is 0.225 e. The monoisotopic (exact) mass is 304 g/mol. The fraction of sp³-hybridized carbons (Fsp3) is 0.500. The lowest BCUT2D eigenvalue weighted by Gasteiger charge is -2.25. The molecular weight excluding hydrogens is 276 g/mol. The number of carbonyl (C=O) groups is 1. The highest BCUT2D eigenvalue weighted by molar-refractivity contribution is 5.78. The van der Waals surface area contributed by atoms with Crippen LogP contribution >= 0.6 is 0 Å². The fourth-order valence-corrected chi connectivity index (χ4v) is 2.38. The van der Waals surface area contributed by atoms with Crippen LogP contribution in [0.3, 0.4) is 0 Å². The van der Waals surface area contributed by atoms with Crippen molar-refractivity contribution in [3.05, 3.63) is 40.7 Å². The van der Waals surface area contributed by atoms with E-state index in [1.54, 1.807) is 20.1 Å². The fourth-order valence-electron chi connectivity index (χ4n) is 2.38. The van der Waals surface area contributed by atoms with E-state index in [1.165, 1.54) is 11.1 Å². The molecule has 0 saturated heterocycles. The Morgan fingerprint density at radius 1 is 1.36 bits per heavy atom. The predicted octanol–water partition coefficient (Wildman–Crippen LogP) is 3.17. The maximum Gasteiger partial charge on any atom is 0.225 e. The molecule has 0 radical (unpaired) electrons. The Labute approximate surface area is 133 Å². The van der Waals surface area contributed by atoms with E-state index >= 15 is 0 Å². The molecular formula is C18H28N2O2. The van der Waals surface area contributed by atoms with Crippen LogP contribution in [0.5, 0.6) is 5.75 Å². The number of benzene rings is 1. The van der Waals surface area contributed by atoms with Gasteiger partial charge in [-0.15, -0.1) is 0 Å². The average molecular weight is 304 g/mol. The van der Waals surface area contributed by atoms with Crippen LogP contribution in [0.2, 0.25) is 0 Å². The number of rotatable bonds is 5. The summed E-state index contributed by atoms with van der Waals surface area (Å²) in [6.07, 6.45) is 2.66. The van der Waals surface area contributed by atoms with Crippen LogP contribution in [-0.2, 0) is 16.6 Å². The molecule has 4 heteroatoms. The molecule has 0 atom stereocenters. The first kappa shape index (κ1) is 18.1. The van der Waals surface area contributed by atoms with Gasteiger partial charge in [0.2, 0.25) is 5.91 Å². The highest BCUT2D eigenvalue weighted by Crippen LogP contribution is 2.35. The first-order valence-electron chi connectivity index (χ1n) is 7.58. The minimum Gasteiger partial charge on any atom is -0.496 e. The summed E-state index contributed by atoms with van der Waals surface area (Å²) < 4.78 is 5.62. The minimum atomic E-state index is -0.0866. The quantitative estimate of drug-likeness (QED) is 0.878. The highest BCUT2D eigenvalue weighted by atomic mass is 16.5. The molecule has 122 valence electrons. The molecule has 0 aliphatic rings. The number of carbonyl (C=O) groups excluding carboxylic acids is 1. The lowest BCUT2D eigenvalue weighted by Crippen LogP contribution is -2.27. The van der Waals surface area contributed by atoms with Gasteiger partial charge in [-0.2, -0.15) is 0 Å². The zero-order chi connectivity index (χ0) is 16.9. The second kappa shape index (κ2) is 7.34. The molecule has 0 spiro atoms. The van der Waals surface area contributed by atoms with E-state index in [0.717, 1.165) is 11.3 Å². The van der Waals surface area contributed by atoms with Crippen molar-refractivity contribution in [2.45, 2.75) is 52.9 Å². The van der Waals surface area contributed by atoms with E-state index in [-0.39, 0.29) is 11.3 Å². The second-order valence-electron chi connectivity index (χ2n) is 6.55. The maximum absolute atomic E-state index is 11.9. The normalized spacial score (nSPS) is 12.2. The van der Waals surface area contributed by atoms with Gasteiger partial charge in [0.05, 0.1) is 12.9 Å². The van der Waals surface area contributed by atoms with Gasteiger partial charge >= 0.3 is 0 Å². The molecule has 0 aliphatic carbocycles. The molecule has 4 nitrogen and oxygen atoms in total. The van der Waals surface area contributed by atoms with E-state index in [1.807, 2.05) is 0 Å². The summed E-state index contributed by atoms with van der Waals surface area (Å²) in [5.41, 5.74) is 9.00. The van der Waals surface area contributed by atoms with Crippen molar-refractivity contribution < 1.29 is 9.53 Å². The van der Waals surface area contributed by atoms with Gasteiger partial charge in [-0.1, -0.05) is 38.5 Å². The van der Waals surface area contributed by atoms with E-state index in [0.29, 0.717) is 18.7 Å². The number of nitrogens with one attached hydrogen (secondary N) is 1. The van der Waals surface area contributed by atoms with Crippen LogP contribution in [0.15, 0.2) is 24.0 Å². The van der Waals surface area contributed by atoms with Crippen molar-refractivity contribution in [2.75, 3.05) is 7.11 Å². The molecule has 1 amide bonds. The lowest BCUT2D eigenvalue weighted by atomic mass is 9.83. The van der Waals surface area contributed by atoms with Gasteiger partial charge < -0.3 is 15.8 Å². The van der Waals surface area contributed by atoms with E-state index in [2.05, 4.69) is 45.1 Å². The Morgan fingerprint density at radius 3 is 2.50 bits per heavy atom. The van der Waals surface area contributed by atoms with Crippen LogP contribution in [-0.4, -0.2) is 13.0 Å². The third-order valence-corrected chi connectivity index (χ3v) is 3.54. The average Bonchev–Trinajstić information content (AvgIpc) is 2.43. The number of aryl methyl sites for hydroxylation is 2. The van der Waals surface area contributed by atoms with Crippen molar-refractivity contribution in [3.8, 4) is 5.75 Å². The highest BCUT2D eigenvalue weighted by Gasteiger charge is 2.22. The summed E-state index contributed by atoms with van der Waals surface area (Å²) in [7, 11) is 1.68. The van der Waals surface area contributed by atoms with Crippen LogP contribution in [0, 0.1) is 6.92 Å². The van der Waals surface area contributed by atoms with Crippen molar-refractivity contribution >= 4 is 5.91 Å². The number of ether oxygens (including phenoxy) is 1. The van der Waals surface area contributed by atoms with Gasteiger partial charge in [-0.05, 0) is 37.3 Å². The molecule has 0 aromatic heterocycles. The number of hydrogen-bond donors (Lipinski definition) is 2. The summed E-state index contributed by atoms with van der Waals surface area (Å²) in [5.74, 6) is 1.18. The molecule has 0 fully saturated rings. The summed E-state index contributed by atoms with van der Waals surface area (Å²) >= 11 is 0. The van der Waals surface area contributed by atoms with Crippen molar-refractivity contribution in [2.24, 2.45) is 5.73 Å². The maximum atomic E-state index is 11.9. The number of allylic oxidation sites excluding steroid dienone is 1. The Balaban J connectivity index is 3.00. The minimum absolute atomic E-state index is 0.0102. The molecule has 1 aromatic carbocycles. The number of hydrogen-bond acceptors (Lipinski definition) is 3. The molecule has 22 heavy (non-hydrogen) atoms. The molecule has 3 N–H and O–H groups in total. The number of nitrogens with two attached hydrogens (primary N) is 1. The SMILES string of the molecule is CC=C(N)NC(=O)CCc1cc(C)cc(C(C)(C)C)c1OC. The van der Waals surface area contributed by atoms with Crippen LogP contribution < -0.4 is 15.8 Å². The molecule has 1 aromatic rings. The number of methoxy groups -OCH3 is 1. The molecule has 1 rings (SSSR count). The second-order valence-corrected chi connectivity index (χ2v) is 6.55. The first-order chi connectivity index (χ1) is 10.2.